The van der Waals surface area contributed by atoms with Gasteiger partial charge in [-0.2, -0.15) is 0 Å². The van der Waals surface area contributed by atoms with Gasteiger partial charge in [-0.05, 0) is 28.4 Å². The fourth-order valence-electron chi connectivity index (χ4n) is 3.21. The summed E-state index contributed by atoms with van der Waals surface area (Å²) in [6.07, 6.45) is 1.11. The molecule has 2 unspecified atom stereocenters. The van der Waals surface area contributed by atoms with Gasteiger partial charge in [-0.15, -0.1) is 16.8 Å². The molecule has 3 N–H and O–H groups in total. The fourth-order valence-corrected chi connectivity index (χ4v) is 3.73. The average molecular weight is 581 g/mol. The van der Waals surface area contributed by atoms with Gasteiger partial charge in [0.2, 0.25) is 5.91 Å². The Morgan fingerprint density at radius 3 is 2.43 bits per heavy atom. The van der Waals surface area contributed by atoms with Crippen LogP contribution in [-0.4, -0.2) is 53.8 Å². The number of amides is 1. The third-order valence-electron chi connectivity index (χ3n) is 4.83. The van der Waals surface area contributed by atoms with Crippen LogP contribution >= 0.6 is 15.9 Å². The van der Waals surface area contributed by atoms with Gasteiger partial charge in [0, 0.05) is 32.2 Å². The summed E-state index contributed by atoms with van der Waals surface area (Å²) in [5.74, 6) is -0.140. The van der Waals surface area contributed by atoms with Gasteiger partial charge < -0.3 is 25.2 Å². The molecule has 2 aromatic carbocycles. The largest absolute Gasteiger partial charge is 0.495 e. The summed E-state index contributed by atoms with van der Waals surface area (Å²) in [5, 5.41) is 46.4. The Morgan fingerprint density at radius 1 is 1.19 bits per heavy atom. The first kappa shape index (κ1) is 29.3. The van der Waals surface area contributed by atoms with Crippen molar-refractivity contribution in [1.29, 1.82) is 0 Å². The van der Waals surface area contributed by atoms with Crippen LogP contribution in [0.5, 0.6) is 5.75 Å². The molecule has 0 saturated carbocycles. The van der Waals surface area contributed by atoms with Crippen LogP contribution in [0.1, 0.15) is 13.3 Å². The van der Waals surface area contributed by atoms with Crippen molar-refractivity contribution in [3.63, 3.8) is 0 Å². The molecule has 0 heterocycles. The van der Waals surface area contributed by atoms with E-state index in [4.69, 9.17) is 9.47 Å². The minimum absolute atomic E-state index is 0.0214. The van der Waals surface area contributed by atoms with E-state index in [1.807, 2.05) is 0 Å². The predicted octanol–water partition coefficient (Wildman–Crippen LogP) is 5.01. The highest BCUT2D eigenvalue weighted by atomic mass is 79.9. The van der Waals surface area contributed by atoms with E-state index in [1.165, 1.54) is 33.3 Å². The highest BCUT2D eigenvalue weighted by Crippen LogP contribution is 2.42. The second-order valence-corrected chi connectivity index (χ2v) is 8.45. The number of nitrogens with zero attached hydrogens (tertiary/aromatic N) is 4. The van der Waals surface area contributed by atoms with Gasteiger partial charge in [-0.3, -0.25) is 25.0 Å². The fraction of sp³-hybridized carbons (Fsp3) is 0.318. The van der Waals surface area contributed by atoms with Gasteiger partial charge >= 0.3 is 5.69 Å². The number of halogens is 1. The SMILES string of the molecule is C=CC(CC(O)COC)Nc1cc(NC(C)=O)c(N=Nc2c(Br)cc([N+](=O)[O-])cc2[N+](=O)[O-])cc1OC. The van der Waals surface area contributed by atoms with Gasteiger partial charge in [0.1, 0.15) is 11.4 Å². The quantitative estimate of drug-likeness (QED) is 0.126. The summed E-state index contributed by atoms with van der Waals surface area (Å²) < 4.78 is 10.4. The number of anilines is 2. The molecule has 0 aliphatic rings. The number of benzene rings is 2. The number of nitro benzene ring substituents is 2. The Morgan fingerprint density at radius 2 is 1.89 bits per heavy atom. The number of methoxy groups -OCH3 is 2. The smallest absolute Gasteiger partial charge is 0.304 e. The maximum atomic E-state index is 11.8. The zero-order valence-electron chi connectivity index (χ0n) is 20.1. The lowest BCUT2D eigenvalue weighted by molar-refractivity contribution is -0.393. The number of nitrogens with one attached hydrogen (secondary N) is 2. The predicted molar refractivity (Wildman–Crippen MR) is 139 cm³/mol. The molecule has 2 aromatic rings. The Balaban J connectivity index is 2.55. The standard InChI is InChI=1S/C22H25BrN6O8/c1-5-13(6-15(31)11-36-3)25-19-9-17(24-12(2)30)18(10-21(19)37-4)26-27-22-16(23)7-14(28(32)33)8-20(22)29(34)35/h5,7-10,13,15,25,31H,1,6,11H2,2-4H3,(H,24,30). The molecule has 0 spiro atoms. The number of hydrogen-bond acceptors (Lipinski definition) is 11. The molecular formula is C22H25BrN6O8. The van der Waals surface area contributed by atoms with Crippen LogP contribution in [0.15, 0.2) is 51.6 Å². The first-order valence-electron chi connectivity index (χ1n) is 10.6. The van der Waals surface area contributed by atoms with Crippen LogP contribution in [0.25, 0.3) is 0 Å². The van der Waals surface area contributed by atoms with Crippen LogP contribution in [-0.2, 0) is 9.53 Å². The number of rotatable bonds is 13. The molecule has 0 aliphatic heterocycles. The van der Waals surface area contributed by atoms with Gasteiger partial charge in [-0.1, -0.05) is 6.08 Å². The Labute approximate surface area is 219 Å². The number of non-ortho nitro benzene ring substituents is 1. The van der Waals surface area contributed by atoms with Crippen molar-refractivity contribution in [3.8, 4) is 5.75 Å². The molecule has 0 radical (unpaired) electrons. The Kier molecular flexibility index (Phi) is 10.6. The molecule has 14 nitrogen and oxygen atoms in total. The minimum Gasteiger partial charge on any atom is -0.495 e. The second-order valence-electron chi connectivity index (χ2n) is 7.59. The summed E-state index contributed by atoms with van der Waals surface area (Å²) >= 11 is 3.07. The van der Waals surface area contributed by atoms with Crippen LogP contribution in [0.4, 0.5) is 34.1 Å². The van der Waals surface area contributed by atoms with E-state index >= 15 is 0 Å². The Hall–Kier alpha value is -3.95. The summed E-state index contributed by atoms with van der Waals surface area (Å²) in [4.78, 5) is 32.8. The number of hydrogen-bond donors (Lipinski definition) is 3. The number of carbonyl (C=O) groups excluding carboxylic acids is 1. The molecule has 37 heavy (non-hydrogen) atoms. The molecule has 198 valence electrons. The summed E-state index contributed by atoms with van der Waals surface area (Å²) in [6.45, 7) is 5.18. The zero-order valence-corrected chi connectivity index (χ0v) is 21.7. The number of ether oxygens (including phenoxy) is 2. The van der Waals surface area contributed by atoms with Gasteiger partial charge in [0.15, 0.2) is 5.69 Å². The number of azo groups is 1. The van der Waals surface area contributed by atoms with E-state index in [9.17, 15) is 30.1 Å². The van der Waals surface area contributed by atoms with Crippen LogP contribution < -0.4 is 15.4 Å². The highest BCUT2D eigenvalue weighted by Gasteiger charge is 2.24. The molecule has 15 heteroatoms. The molecule has 0 bridgehead atoms. The Bertz CT molecular complexity index is 1220. The lowest BCUT2D eigenvalue weighted by atomic mass is 10.1. The molecule has 0 aromatic heterocycles. The summed E-state index contributed by atoms with van der Waals surface area (Å²) in [6, 6.07) is 4.41. The maximum Gasteiger partial charge on any atom is 0.304 e. The van der Waals surface area contributed by atoms with Gasteiger partial charge in [-0.25, -0.2) is 0 Å². The van der Waals surface area contributed by atoms with Crippen LogP contribution in [0.3, 0.4) is 0 Å². The van der Waals surface area contributed by atoms with Crippen molar-refractivity contribution in [1.82, 2.24) is 0 Å². The maximum absolute atomic E-state index is 11.8. The molecular weight excluding hydrogens is 556 g/mol. The molecule has 0 saturated heterocycles. The minimum atomic E-state index is -0.818. The third kappa shape index (κ3) is 8.03. The molecule has 1 amide bonds. The van der Waals surface area contributed by atoms with Crippen LogP contribution in [0.2, 0.25) is 0 Å². The zero-order chi connectivity index (χ0) is 27.7. The summed E-state index contributed by atoms with van der Waals surface area (Å²) in [5.41, 5.74) is -0.681. The normalized spacial score (nSPS) is 12.6. The van der Waals surface area contributed by atoms with Crippen LogP contribution in [0, 0.1) is 20.2 Å². The number of carbonyl (C=O) groups is 1. The van der Waals surface area contributed by atoms with Crippen molar-refractivity contribution < 1.29 is 29.2 Å². The van der Waals surface area contributed by atoms with E-state index in [1.54, 1.807) is 6.08 Å². The number of nitro groups is 2. The molecule has 0 aliphatic carbocycles. The molecule has 2 atom stereocenters. The molecule has 0 fully saturated rings. The monoisotopic (exact) mass is 580 g/mol. The van der Waals surface area contributed by atoms with E-state index in [2.05, 4.69) is 43.4 Å². The van der Waals surface area contributed by atoms with E-state index in [0.717, 1.165) is 12.1 Å². The van der Waals surface area contributed by atoms with Gasteiger partial charge in [0.25, 0.3) is 5.69 Å². The van der Waals surface area contributed by atoms with Gasteiger partial charge in [0.05, 0.1) is 51.6 Å². The topological polar surface area (TPSA) is 191 Å². The number of aliphatic hydroxyl groups is 1. The average Bonchev–Trinajstić information content (AvgIpc) is 2.82. The number of aliphatic hydroxyl groups excluding tert-OH is 1. The lowest BCUT2D eigenvalue weighted by Gasteiger charge is -2.22. The van der Waals surface area contributed by atoms with Crippen molar-refractivity contribution in [2.24, 2.45) is 10.2 Å². The van der Waals surface area contributed by atoms with Crippen molar-refractivity contribution in [2.75, 3.05) is 31.5 Å². The van der Waals surface area contributed by atoms with E-state index in [-0.39, 0.29) is 40.3 Å². The molecule has 2 rings (SSSR count). The van der Waals surface area contributed by atoms with Crippen molar-refractivity contribution >= 4 is 56.0 Å². The highest BCUT2D eigenvalue weighted by molar-refractivity contribution is 9.10. The first-order valence-corrected chi connectivity index (χ1v) is 11.4. The van der Waals surface area contributed by atoms with Crippen molar-refractivity contribution in [3.05, 3.63) is 61.6 Å². The third-order valence-corrected chi connectivity index (χ3v) is 5.44. The van der Waals surface area contributed by atoms with E-state index in [0.29, 0.717) is 5.69 Å². The lowest BCUT2D eigenvalue weighted by Crippen LogP contribution is -2.26. The first-order chi connectivity index (χ1) is 17.5. The van der Waals surface area contributed by atoms with E-state index < -0.39 is 39.3 Å². The second kappa shape index (κ2) is 13.4. The summed E-state index contributed by atoms with van der Waals surface area (Å²) in [7, 11) is 2.87. The van der Waals surface area contributed by atoms with Crippen molar-refractivity contribution in [2.45, 2.75) is 25.5 Å².